The minimum atomic E-state index is -0.475. The lowest BCUT2D eigenvalue weighted by molar-refractivity contribution is -0.133. The van der Waals surface area contributed by atoms with E-state index in [9.17, 15) is 5.11 Å². The number of rotatable bonds is 7. The lowest BCUT2D eigenvalue weighted by Gasteiger charge is -2.33. The average molecular weight is 283 g/mol. The average Bonchev–Trinajstić information content (AvgIpc) is 2.89. The third kappa shape index (κ3) is 3.79. The fourth-order valence-electron chi connectivity index (χ4n) is 2.54. The Labute approximate surface area is 120 Å². The number of aliphatic hydroxyl groups is 1. The summed E-state index contributed by atoms with van der Waals surface area (Å²) < 4.78 is 12.8. The van der Waals surface area contributed by atoms with E-state index in [1.165, 1.54) is 0 Å². The molecule has 0 radical (unpaired) electrons. The zero-order valence-corrected chi connectivity index (χ0v) is 12.3. The van der Waals surface area contributed by atoms with Crippen molar-refractivity contribution in [3.05, 3.63) is 18.2 Å². The number of methoxy groups -OCH3 is 1. The maximum absolute atomic E-state index is 10.2. The highest BCUT2D eigenvalue weighted by Crippen LogP contribution is 2.16. The summed E-state index contributed by atoms with van der Waals surface area (Å²) in [5.74, 6) is 1.09. The standard InChI is InChI=1S/C14H25N3O3/c1-3-5-17-6-4-16-13(17)8-15-7-11-9-20-10-12(19-2)14(11)18/h4,6,11-12,14-15,18H,3,5,7-10H2,1-2H3/t11-,12-,14+/m1/s1. The Morgan fingerprint density at radius 1 is 1.55 bits per heavy atom. The Hall–Kier alpha value is -0.950. The van der Waals surface area contributed by atoms with E-state index in [1.807, 2.05) is 12.4 Å². The Kier molecular flexibility index (Phi) is 5.97. The Balaban J connectivity index is 1.78. The van der Waals surface area contributed by atoms with Crippen LogP contribution in [0.2, 0.25) is 0 Å². The first kappa shape index (κ1) is 15.4. The highest BCUT2D eigenvalue weighted by molar-refractivity contribution is 4.92. The molecular formula is C14H25N3O3. The van der Waals surface area contributed by atoms with Crippen LogP contribution in [0.15, 0.2) is 12.4 Å². The maximum atomic E-state index is 10.2. The van der Waals surface area contributed by atoms with Gasteiger partial charge in [-0.3, -0.25) is 0 Å². The molecule has 20 heavy (non-hydrogen) atoms. The van der Waals surface area contributed by atoms with Crippen molar-refractivity contribution in [2.45, 2.75) is 38.6 Å². The Morgan fingerprint density at radius 3 is 3.15 bits per heavy atom. The Morgan fingerprint density at radius 2 is 2.40 bits per heavy atom. The van der Waals surface area contributed by atoms with E-state index in [2.05, 4.69) is 21.8 Å². The van der Waals surface area contributed by atoms with Gasteiger partial charge in [-0.1, -0.05) is 6.92 Å². The molecule has 0 amide bonds. The topological polar surface area (TPSA) is 68.5 Å². The fraction of sp³-hybridized carbons (Fsp3) is 0.786. The smallest absolute Gasteiger partial charge is 0.122 e. The number of ether oxygens (including phenoxy) is 2. The van der Waals surface area contributed by atoms with E-state index in [0.29, 0.717) is 26.3 Å². The highest BCUT2D eigenvalue weighted by Gasteiger charge is 2.32. The van der Waals surface area contributed by atoms with Crippen LogP contribution in [0.4, 0.5) is 0 Å². The van der Waals surface area contributed by atoms with Crippen molar-refractivity contribution in [2.24, 2.45) is 5.92 Å². The molecule has 1 aliphatic heterocycles. The predicted octanol–water partition coefficient (Wildman–Crippen LogP) is 0.405. The number of nitrogens with one attached hydrogen (secondary N) is 1. The molecule has 6 heteroatoms. The van der Waals surface area contributed by atoms with Gasteiger partial charge in [-0.15, -0.1) is 0 Å². The van der Waals surface area contributed by atoms with E-state index in [1.54, 1.807) is 7.11 Å². The molecule has 114 valence electrons. The van der Waals surface area contributed by atoms with Crippen LogP contribution in [0.25, 0.3) is 0 Å². The highest BCUT2D eigenvalue weighted by atomic mass is 16.5. The molecule has 2 rings (SSSR count). The fourth-order valence-corrected chi connectivity index (χ4v) is 2.54. The van der Waals surface area contributed by atoms with Crippen LogP contribution < -0.4 is 5.32 Å². The van der Waals surface area contributed by atoms with E-state index < -0.39 is 6.10 Å². The molecule has 1 saturated heterocycles. The van der Waals surface area contributed by atoms with Crippen molar-refractivity contribution in [3.63, 3.8) is 0 Å². The third-order valence-electron chi connectivity index (χ3n) is 3.74. The molecule has 0 unspecified atom stereocenters. The number of hydrogen-bond acceptors (Lipinski definition) is 5. The first-order chi connectivity index (χ1) is 9.76. The number of imidazole rings is 1. The molecule has 0 saturated carbocycles. The first-order valence-electron chi connectivity index (χ1n) is 7.25. The van der Waals surface area contributed by atoms with E-state index >= 15 is 0 Å². The lowest BCUT2D eigenvalue weighted by atomic mass is 9.96. The second-order valence-corrected chi connectivity index (χ2v) is 5.23. The molecule has 2 N–H and O–H groups in total. The number of aryl methyl sites for hydroxylation is 1. The van der Waals surface area contributed by atoms with E-state index in [-0.39, 0.29) is 12.0 Å². The van der Waals surface area contributed by atoms with Crippen molar-refractivity contribution in [3.8, 4) is 0 Å². The van der Waals surface area contributed by atoms with Gasteiger partial charge in [0.2, 0.25) is 0 Å². The van der Waals surface area contributed by atoms with Crippen molar-refractivity contribution in [1.29, 1.82) is 0 Å². The molecule has 1 aromatic heterocycles. The van der Waals surface area contributed by atoms with Crippen molar-refractivity contribution in [2.75, 3.05) is 26.9 Å². The zero-order valence-electron chi connectivity index (χ0n) is 12.3. The monoisotopic (exact) mass is 283 g/mol. The number of hydrogen-bond donors (Lipinski definition) is 2. The van der Waals surface area contributed by atoms with Gasteiger partial charge in [0.15, 0.2) is 0 Å². The molecule has 0 bridgehead atoms. The number of nitrogens with zero attached hydrogens (tertiary/aromatic N) is 2. The van der Waals surface area contributed by atoms with Crippen LogP contribution in [-0.4, -0.2) is 53.7 Å². The van der Waals surface area contributed by atoms with Crippen molar-refractivity contribution < 1.29 is 14.6 Å². The molecular weight excluding hydrogens is 258 g/mol. The lowest BCUT2D eigenvalue weighted by Crippen LogP contribution is -2.48. The molecule has 1 aliphatic rings. The normalized spacial score (nSPS) is 26.9. The molecule has 1 aromatic rings. The van der Waals surface area contributed by atoms with E-state index in [4.69, 9.17) is 9.47 Å². The minimum absolute atomic E-state index is 0.0586. The van der Waals surface area contributed by atoms with Crippen LogP contribution in [0.5, 0.6) is 0 Å². The maximum Gasteiger partial charge on any atom is 0.122 e. The molecule has 0 aliphatic carbocycles. The largest absolute Gasteiger partial charge is 0.390 e. The summed E-state index contributed by atoms with van der Waals surface area (Å²) in [4.78, 5) is 4.35. The van der Waals surface area contributed by atoms with Gasteiger partial charge in [0, 0.05) is 38.5 Å². The summed E-state index contributed by atoms with van der Waals surface area (Å²) in [5.41, 5.74) is 0. The quantitative estimate of drug-likeness (QED) is 0.758. The van der Waals surface area contributed by atoms with Crippen molar-refractivity contribution >= 4 is 0 Å². The van der Waals surface area contributed by atoms with Gasteiger partial charge in [0.25, 0.3) is 0 Å². The molecule has 0 spiro atoms. The van der Waals surface area contributed by atoms with E-state index in [0.717, 1.165) is 18.8 Å². The summed E-state index contributed by atoms with van der Waals surface area (Å²) in [7, 11) is 1.61. The molecule has 0 aromatic carbocycles. The van der Waals surface area contributed by atoms with Gasteiger partial charge >= 0.3 is 0 Å². The summed E-state index contributed by atoms with van der Waals surface area (Å²) in [6.45, 7) is 5.57. The van der Waals surface area contributed by atoms with Gasteiger partial charge in [0.05, 0.1) is 25.9 Å². The summed E-state index contributed by atoms with van der Waals surface area (Å²) in [6, 6.07) is 0. The minimum Gasteiger partial charge on any atom is -0.390 e. The third-order valence-corrected chi connectivity index (χ3v) is 3.74. The molecule has 6 nitrogen and oxygen atoms in total. The summed E-state index contributed by atoms with van der Waals surface area (Å²) >= 11 is 0. The van der Waals surface area contributed by atoms with Gasteiger partial charge in [0.1, 0.15) is 11.9 Å². The second kappa shape index (κ2) is 7.73. The number of aromatic nitrogens is 2. The van der Waals surface area contributed by atoms with Gasteiger partial charge < -0.3 is 24.5 Å². The molecule has 3 atom stereocenters. The van der Waals surface area contributed by atoms with Gasteiger partial charge in [-0.2, -0.15) is 0 Å². The summed E-state index contributed by atoms with van der Waals surface area (Å²) in [5, 5.41) is 13.5. The van der Waals surface area contributed by atoms with Gasteiger partial charge in [-0.05, 0) is 6.42 Å². The SMILES string of the molecule is CCCn1ccnc1CNC[C@@H]1COC[C@@H](OC)[C@H]1O. The van der Waals surface area contributed by atoms with Crippen LogP contribution in [-0.2, 0) is 22.6 Å². The molecule has 2 heterocycles. The van der Waals surface area contributed by atoms with Crippen LogP contribution in [0, 0.1) is 5.92 Å². The van der Waals surface area contributed by atoms with Crippen LogP contribution >= 0.6 is 0 Å². The van der Waals surface area contributed by atoms with Crippen LogP contribution in [0.3, 0.4) is 0 Å². The molecule has 1 fully saturated rings. The Bertz CT molecular complexity index is 397. The van der Waals surface area contributed by atoms with Gasteiger partial charge in [-0.25, -0.2) is 4.98 Å². The second-order valence-electron chi connectivity index (χ2n) is 5.23. The number of aliphatic hydroxyl groups excluding tert-OH is 1. The zero-order chi connectivity index (χ0) is 14.4. The van der Waals surface area contributed by atoms with Crippen LogP contribution in [0.1, 0.15) is 19.2 Å². The van der Waals surface area contributed by atoms with Crippen molar-refractivity contribution in [1.82, 2.24) is 14.9 Å². The summed E-state index contributed by atoms with van der Waals surface area (Å²) in [6.07, 6.45) is 4.22. The predicted molar refractivity (Wildman–Crippen MR) is 75.3 cm³/mol. The first-order valence-corrected chi connectivity index (χ1v) is 7.25.